The lowest BCUT2D eigenvalue weighted by Gasteiger charge is -2.26. The van der Waals surface area contributed by atoms with Gasteiger partial charge in [-0.15, -0.1) is 0 Å². The van der Waals surface area contributed by atoms with E-state index in [2.05, 4.69) is 10.6 Å². The van der Waals surface area contributed by atoms with Crippen molar-refractivity contribution < 1.29 is 24.2 Å². The molecule has 2 amide bonds. The number of rotatable bonds is 5. The maximum absolute atomic E-state index is 13.0. The molecule has 0 spiro atoms. The number of nitrogens with one attached hydrogen (secondary N) is 2. The number of amides is 2. The molecule has 9 heteroatoms. The Kier molecular flexibility index (Phi) is 9.44. The third-order valence-corrected chi connectivity index (χ3v) is 6.06. The molecule has 1 heterocycles. The van der Waals surface area contributed by atoms with Crippen molar-refractivity contribution >= 4 is 29.4 Å². The number of halogens is 1. The largest absolute Gasteiger partial charge is 0.456 e. The number of hydrogen-bond acceptors (Lipinski definition) is 6. The number of hydrogen-bond donors (Lipinski definition) is 4. The van der Waals surface area contributed by atoms with Gasteiger partial charge in [-0.05, 0) is 36.1 Å². The topological polar surface area (TPSA) is 131 Å². The summed E-state index contributed by atoms with van der Waals surface area (Å²) in [6.45, 7) is 0.361. The average molecular weight is 488 g/mol. The molecule has 0 aliphatic carbocycles. The number of cyclic esters (lactones) is 1. The third kappa shape index (κ3) is 7.83. The first kappa shape index (κ1) is 25.7. The molecular formula is C25H30ClN3O5. The van der Waals surface area contributed by atoms with Gasteiger partial charge in [-0.2, -0.15) is 0 Å². The highest BCUT2D eigenvalue weighted by Crippen LogP contribution is 2.21. The molecule has 0 radical (unpaired) electrons. The van der Waals surface area contributed by atoms with E-state index in [-0.39, 0.29) is 44.0 Å². The van der Waals surface area contributed by atoms with Crippen LogP contribution < -0.4 is 16.4 Å². The summed E-state index contributed by atoms with van der Waals surface area (Å²) in [5, 5.41) is 16.6. The van der Waals surface area contributed by atoms with Crippen LogP contribution in [-0.2, 0) is 25.7 Å². The molecule has 1 saturated heterocycles. The van der Waals surface area contributed by atoms with E-state index in [1.807, 2.05) is 42.5 Å². The fourth-order valence-electron chi connectivity index (χ4n) is 3.80. The summed E-state index contributed by atoms with van der Waals surface area (Å²) in [5.74, 6) is -1.92. The highest BCUT2D eigenvalue weighted by molar-refractivity contribution is 6.30. The Labute approximate surface area is 203 Å². The van der Waals surface area contributed by atoms with Crippen LogP contribution >= 0.6 is 11.6 Å². The molecule has 1 aliphatic heterocycles. The van der Waals surface area contributed by atoms with Gasteiger partial charge in [0.15, 0.2) is 0 Å². The zero-order chi connectivity index (χ0) is 24.5. The van der Waals surface area contributed by atoms with E-state index >= 15 is 0 Å². The molecule has 0 aromatic heterocycles. The van der Waals surface area contributed by atoms with Crippen LogP contribution in [0.5, 0.6) is 0 Å². The molecule has 0 bridgehead atoms. The molecule has 0 saturated carbocycles. The third-order valence-electron chi connectivity index (χ3n) is 5.81. The molecule has 1 aliphatic rings. The molecule has 5 N–H and O–H groups in total. The van der Waals surface area contributed by atoms with Crippen molar-refractivity contribution in [1.82, 2.24) is 10.6 Å². The second-order valence-corrected chi connectivity index (χ2v) is 8.88. The van der Waals surface area contributed by atoms with Crippen LogP contribution in [-0.4, -0.2) is 41.6 Å². The van der Waals surface area contributed by atoms with Crippen LogP contribution in [0.4, 0.5) is 0 Å². The first-order valence-electron chi connectivity index (χ1n) is 11.3. The number of carbonyl (C=O) groups excluding carboxylic acids is 3. The standard InChI is InChI=1S/C25H30ClN3O5/c26-19-8-6-16(7-9-19)14-28-23(31)13-18-12-20(27)21(30)10-11-24(32)34-22(15-29-25(18)33)17-4-2-1-3-5-17/h1-9,18,20-22,30H,10-15,27H2,(H,28,31)(H,29,33)/t18-,20+,21+,22?/m0/s1. The van der Waals surface area contributed by atoms with Gasteiger partial charge in [0, 0.05) is 36.4 Å². The predicted octanol–water partition coefficient (Wildman–Crippen LogP) is 2.24. The lowest BCUT2D eigenvalue weighted by molar-refractivity contribution is -0.151. The molecule has 2 aromatic rings. The van der Waals surface area contributed by atoms with E-state index in [4.69, 9.17) is 22.1 Å². The summed E-state index contributed by atoms with van der Waals surface area (Å²) < 4.78 is 5.56. The number of benzene rings is 2. The van der Waals surface area contributed by atoms with Crippen molar-refractivity contribution in [3.05, 3.63) is 70.7 Å². The van der Waals surface area contributed by atoms with Crippen LogP contribution in [0.15, 0.2) is 54.6 Å². The zero-order valence-electron chi connectivity index (χ0n) is 18.8. The lowest BCUT2D eigenvalue weighted by Crippen LogP contribution is -2.44. The first-order valence-corrected chi connectivity index (χ1v) is 11.7. The van der Waals surface area contributed by atoms with Gasteiger partial charge < -0.3 is 26.2 Å². The number of aliphatic hydroxyl groups excluding tert-OH is 1. The minimum Gasteiger partial charge on any atom is -0.456 e. The number of carbonyl (C=O) groups is 3. The van der Waals surface area contributed by atoms with Crippen molar-refractivity contribution in [3.63, 3.8) is 0 Å². The molecule has 34 heavy (non-hydrogen) atoms. The molecule has 3 rings (SSSR count). The summed E-state index contributed by atoms with van der Waals surface area (Å²) in [4.78, 5) is 37.9. The van der Waals surface area contributed by atoms with Crippen molar-refractivity contribution in [3.8, 4) is 0 Å². The number of ether oxygens (including phenoxy) is 1. The van der Waals surface area contributed by atoms with Gasteiger partial charge in [0.25, 0.3) is 0 Å². The fraction of sp³-hybridized carbons (Fsp3) is 0.400. The van der Waals surface area contributed by atoms with Gasteiger partial charge in [-0.3, -0.25) is 14.4 Å². The zero-order valence-corrected chi connectivity index (χ0v) is 19.5. The Morgan fingerprint density at radius 2 is 1.85 bits per heavy atom. The SMILES string of the molecule is N[C@@H]1C[C@@H](CC(=O)NCc2ccc(Cl)cc2)C(=O)NCC(c2ccccc2)OC(=O)CC[C@H]1O. The van der Waals surface area contributed by atoms with Gasteiger partial charge in [-0.1, -0.05) is 54.1 Å². The first-order chi connectivity index (χ1) is 16.3. The Bertz CT molecular complexity index is 970. The second-order valence-electron chi connectivity index (χ2n) is 8.44. The molecule has 8 nitrogen and oxygen atoms in total. The average Bonchev–Trinajstić information content (AvgIpc) is 2.84. The summed E-state index contributed by atoms with van der Waals surface area (Å²) in [6, 6.07) is 15.4. The van der Waals surface area contributed by atoms with E-state index in [0.29, 0.717) is 11.6 Å². The van der Waals surface area contributed by atoms with E-state index in [0.717, 1.165) is 11.1 Å². The van der Waals surface area contributed by atoms with Crippen LogP contribution in [0.25, 0.3) is 0 Å². The molecule has 4 atom stereocenters. The molecule has 182 valence electrons. The Morgan fingerprint density at radius 1 is 1.15 bits per heavy atom. The predicted molar refractivity (Wildman–Crippen MR) is 128 cm³/mol. The van der Waals surface area contributed by atoms with E-state index < -0.39 is 30.1 Å². The molecule has 1 unspecified atom stereocenters. The lowest BCUT2D eigenvalue weighted by atomic mass is 9.91. The van der Waals surface area contributed by atoms with Crippen molar-refractivity contribution in [1.29, 1.82) is 0 Å². The van der Waals surface area contributed by atoms with E-state index in [1.54, 1.807) is 12.1 Å². The van der Waals surface area contributed by atoms with Crippen LogP contribution in [0.3, 0.4) is 0 Å². The second kappa shape index (κ2) is 12.5. The quantitative estimate of drug-likeness (QED) is 0.478. The Morgan fingerprint density at radius 3 is 2.56 bits per heavy atom. The van der Waals surface area contributed by atoms with Gasteiger partial charge >= 0.3 is 5.97 Å². The smallest absolute Gasteiger partial charge is 0.306 e. The van der Waals surface area contributed by atoms with Crippen LogP contribution in [0.1, 0.15) is 42.9 Å². The van der Waals surface area contributed by atoms with Gasteiger partial charge in [0.05, 0.1) is 12.6 Å². The maximum atomic E-state index is 13.0. The highest BCUT2D eigenvalue weighted by Gasteiger charge is 2.30. The minimum absolute atomic E-state index is 0.00160. The maximum Gasteiger partial charge on any atom is 0.306 e. The van der Waals surface area contributed by atoms with Crippen LogP contribution in [0.2, 0.25) is 5.02 Å². The molecular weight excluding hydrogens is 458 g/mol. The summed E-state index contributed by atoms with van der Waals surface area (Å²) in [5.41, 5.74) is 7.72. The summed E-state index contributed by atoms with van der Waals surface area (Å²) in [7, 11) is 0. The Balaban J connectivity index is 1.68. The number of nitrogens with two attached hydrogens (primary N) is 1. The highest BCUT2D eigenvalue weighted by atomic mass is 35.5. The molecule has 1 fully saturated rings. The van der Waals surface area contributed by atoms with Gasteiger partial charge in [0.2, 0.25) is 11.8 Å². The summed E-state index contributed by atoms with van der Waals surface area (Å²) >= 11 is 5.89. The van der Waals surface area contributed by atoms with E-state index in [9.17, 15) is 19.5 Å². The van der Waals surface area contributed by atoms with Crippen molar-refractivity contribution in [2.75, 3.05) is 6.54 Å². The van der Waals surface area contributed by atoms with Gasteiger partial charge in [0.1, 0.15) is 6.10 Å². The van der Waals surface area contributed by atoms with Gasteiger partial charge in [-0.25, -0.2) is 0 Å². The molecule has 2 aromatic carbocycles. The van der Waals surface area contributed by atoms with Crippen LogP contribution in [0, 0.1) is 5.92 Å². The minimum atomic E-state index is -1.01. The number of aliphatic hydroxyl groups is 1. The van der Waals surface area contributed by atoms with Crippen molar-refractivity contribution in [2.45, 2.75) is 50.5 Å². The monoisotopic (exact) mass is 487 g/mol. The fourth-order valence-corrected chi connectivity index (χ4v) is 3.92. The van der Waals surface area contributed by atoms with Crippen molar-refractivity contribution in [2.24, 2.45) is 11.7 Å². The van der Waals surface area contributed by atoms with E-state index in [1.165, 1.54) is 0 Å². The Hall–Kier alpha value is -2.94. The number of esters is 1. The summed E-state index contributed by atoms with van der Waals surface area (Å²) in [6.07, 6.45) is -1.56. The normalized spacial score (nSPS) is 24.2.